The molecule has 7 heteroatoms. The third kappa shape index (κ3) is 4.33. The van der Waals surface area contributed by atoms with Crippen LogP contribution in [-0.2, 0) is 0 Å². The quantitative estimate of drug-likeness (QED) is 0.328. The van der Waals surface area contributed by atoms with E-state index in [1.54, 1.807) is 24.6 Å². The molecule has 0 aliphatic heterocycles. The molecule has 0 bridgehead atoms. The summed E-state index contributed by atoms with van der Waals surface area (Å²) in [5.41, 5.74) is 3.25. The van der Waals surface area contributed by atoms with E-state index in [-0.39, 0.29) is 0 Å². The third-order valence-electron chi connectivity index (χ3n) is 5.36. The van der Waals surface area contributed by atoms with Gasteiger partial charge in [-0.15, -0.1) is 11.3 Å². The van der Waals surface area contributed by atoms with Gasteiger partial charge in [0.1, 0.15) is 16.6 Å². The molecule has 0 atom stereocenters. The van der Waals surface area contributed by atoms with Crippen molar-refractivity contribution in [2.75, 3.05) is 12.4 Å². The number of rotatable bonds is 6. The minimum atomic E-state index is -0.399. The van der Waals surface area contributed by atoms with Gasteiger partial charge in [0.2, 0.25) is 0 Å². The van der Waals surface area contributed by atoms with Gasteiger partial charge >= 0.3 is 5.69 Å². The molecule has 0 aliphatic carbocycles. The molecule has 1 N–H and O–H groups in total. The topological polar surface area (TPSA) is 69.0 Å². The van der Waals surface area contributed by atoms with Crippen molar-refractivity contribution in [1.82, 2.24) is 14.5 Å². The fraction of sp³-hybridized carbons (Fsp3) is 0.0741. The molecule has 2 heterocycles. The SMILES string of the molecule is COc1ccc(Nc2nc(=O)n(-c3nc(-c4ccccc4)sc3-c3ccccc3)cc2C)cc1. The van der Waals surface area contributed by atoms with Gasteiger partial charge < -0.3 is 10.1 Å². The maximum Gasteiger partial charge on any atom is 0.355 e. The molecule has 2 aromatic heterocycles. The Bertz CT molecular complexity index is 1480. The number of aryl methyl sites for hydroxylation is 1. The number of nitrogens with one attached hydrogen (secondary N) is 1. The van der Waals surface area contributed by atoms with Crippen LogP contribution in [0.4, 0.5) is 11.5 Å². The standard InChI is InChI=1S/C27H22N4O2S/c1-18-17-31(27(32)29-24(18)28-21-13-15-22(33-2)16-14-21)25-23(19-9-5-3-6-10-19)34-26(30-25)20-11-7-4-8-12-20/h3-17H,1-2H3,(H,28,29,32). The second kappa shape index (κ2) is 9.33. The number of hydrogen-bond donors (Lipinski definition) is 1. The van der Waals surface area contributed by atoms with Gasteiger partial charge in [-0.05, 0) is 36.8 Å². The van der Waals surface area contributed by atoms with Crippen molar-refractivity contribution in [1.29, 1.82) is 0 Å². The van der Waals surface area contributed by atoms with Crippen molar-refractivity contribution in [2.45, 2.75) is 6.92 Å². The summed E-state index contributed by atoms with van der Waals surface area (Å²) in [6.45, 7) is 1.92. The highest BCUT2D eigenvalue weighted by atomic mass is 32.1. The molecule has 6 nitrogen and oxygen atoms in total. The maximum absolute atomic E-state index is 13.2. The van der Waals surface area contributed by atoms with Crippen molar-refractivity contribution in [3.05, 3.63) is 107 Å². The smallest absolute Gasteiger partial charge is 0.355 e. The Morgan fingerprint density at radius 1 is 0.853 bits per heavy atom. The molecule has 0 saturated heterocycles. The van der Waals surface area contributed by atoms with Crippen LogP contribution in [0.15, 0.2) is 95.9 Å². The number of thiazole rings is 1. The van der Waals surface area contributed by atoms with E-state index in [4.69, 9.17) is 9.72 Å². The molecule has 0 amide bonds. The van der Waals surface area contributed by atoms with Crippen molar-refractivity contribution >= 4 is 22.8 Å². The van der Waals surface area contributed by atoms with Gasteiger partial charge in [0, 0.05) is 23.0 Å². The maximum atomic E-state index is 13.2. The van der Waals surface area contributed by atoms with Crippen LogP contribution in [-0.4, -0.2) is 21.6 Å². The first-order valence-corrected chi connectivity index (χ1v) is 11.6. The van der Waals surface area contributed by atoms with Crippen LogP contribution < -0.4 is 15.7 Å². The van der Waals surface area contributed by atoms with Gasteiger partial charge in [0.15, 0.2) is 5.82 Å². The van der Waals surface area contributed by atoms with Gasteiger partial charge in [-0.3, -0.25) is 0 Å². The van der Waals surface area contributed by atoms with Gasteiger partial charge in [-0.25, -0.2) is 14.3 Å². The Labute approximate surface area is 201 Å². The lowest BCUT2D eigenvalue weighted by molar-refractivity contribution is 0.415. The molecule has 5 rings (SSSR count). The van der Waals surface area contributed by atoms with E-state index in [2.05, 4.69) is 10.3 Å². The summed E-state index contributed by atoms with van der Waals surface area (Å²) in [7, 11) is 1.62. The van der Waals surface area contributed by atoms with E-state index in [1.807, 2.05) is 91.9 Å². The number of benzene rings is 3. The van der Waals surface area contributed by atoms with E-state index in [0.717, 1.165) is 38.0 Å². The van der Waals surface area contributed by atoms with Crippen LogP contribution >= 0.6 is 11.3 Å². The molecule has 3 aromatic carbocycles. The number of aromatic nitrogens is 3. The molecule has 0 aliphatic rings. The number of methoxy groups -OCH3 is 1. The second-order valence-electron chi connectivity index (χ2n) is 7.68. The van der Waals surface area contributed by atoms with Crippen LogP contribution in [0, 0.1) is 6.92 Å². The number of hydrogen-bond acceptors (Lipinski definition) is 6. The highest BCUT2D eigenvalue weighted by molar-refractivity contribution is 7.18. The average Bonchev–Trinajstić information content (AvgIpc) is 3.33. The predicted molar refractivity (Wildman–Crippen MR) is 137 cm³/mol. The fourth-order valence-electron chi connectivity index (χ4n) is 3.59. The van der Waals surface area contributed by atoms with Gasteiger partial charge in [-0.1, -0.05) is 60.7 Å². The van der Waals surface area contributed by atoms with Crippen molar-refractivity contribution in [3.8, 4) is 32.6 Å². The molecular weight excluding hydrogens is 444 g/mol. The van der Waals surface area contributed by atoms with Gasteiger partial charge in [-0.2, -0.15) is 4.98 Å². The summed E-state index contributed by atoms with van der Waals surface area (Å²) in [6, 6.07) is 27.4. The first kappa shape index (κ1) is 21.6. The van der Waals surface area contributed by atoms with Gasteiger partial charge in [0.25, 0.3) is 0 Å². The third-order valence-corrected chi connectivity index (χ3v) is 6.50. The lowest BCUT2D eigenvalue weighted by Gasteiger charge is -2.11. The monoisotopic (exact) mass is 466 g/mol. The molecule has 0 spiro atoms. The lowest BCUT2D eigenvalue weighted by Crippen LogP contribution is -2.23. The fourth-order valence-corrected chi connectivity index (χ4v) is 4.66. The van der Waals surface area contributed by atoms with Crippen molar-refractivity contribution in [2.24, 2.45) is 0 Å². The Morgan fingerprint density at radius 3 is 2.15 bits per heavy atom. The van der Waals surface area contributed by atoms with Gasteiger partial charge in [0.05, 0.1) is 12.0 Å². The molecule has 0 saturated carbocycles. The Hall–Kier alpha value is -4.23. The minimum Gasteiger partial charge on any atom is -0.497 e. The zero-order valence-corrected chi connectivity index (χ0v) is 19.5. The van der Waals surface area contributed by atoms with E-state index in [9.17, 15) is 4.79 Å². The average molecular weight is 467 g/mol. The normalized spacial score (nSPS) is 10.8. The largest absolute Gasteiger partial charge is 0.497 e. The van der Waals surface area contributed by atoms with E-state index < -0.39 is 5.69 Å². The lowest BCUT2D eigenvalue weighted by atomic mass is 10.2. The highest BCUT2D eigenvalue weighted by Gasteiger charge is 2.18. The summed E-state index contributed by atoms with van der Waals surface area (Å²) in [4.78, 5) is 23.3. The minimum absolute atomic E-state index is 0.399. The summed E-state index contributed by atoms with van der Waals surface area (Å²) in [5, 5.41) is 4.07. The van der Waals surface area contributed by atoms with Crippen LogP contribution in [0.2, 0.25) is 0 Å². The molecule has 0 radical (unpaired) electrons. The zero-order valence-electron chi connectivity index (χ0n) is 18.7. The summed E-state index contributed by atoms with van der Waals surface area (Å²) < 4.78 is 6.73. The van der Waals surface area contributed by atoms with Crippen LogP contribution in [0.25, 0.3) is 26.8 Å². The molecule has 34 heavy (non-hydrogen) atoms. The summed E-state index contributed by atoms with van der Waals surface area (Å²) in [5.74, 6) is 1.84. The highest BCUT2D eigenvalue weighted by Crippen LogP contribution is 2.37. The summed E-state index contributed by atoms with van der Waals surface area (Å²) in [6.07, 6.45) is 1.79. The zero-order chi connectivity index (χ0) is 23.5. The first-order valence-electron chi connectivity index (χ1n) is 10.8. The second-order valence-corrected chi connectivity index (χ2v) is 8.68. The predicted octanol–water partition coefficient (Wildman–Crippen LogP) is 6.08. The molecular formula is C27H22N4O2S. The summed E-state index contributed by atoms with van der Waals surface area (Å²) >= 11 is 1.56. The number of ether oxygens (including phenoxy) is 1. The van der Waals surface area contributed by atoms with Crippen molar-refractivity contribution in [3.63, 3.8) is 0 Å². The van der Waals surface area contributed by atoms with E-state index in [1.165, 1.54) is 4.57 Å². The molecule has 168 valence electrons. The van der Waals surface area contributed by atoms with Crippen LogP contribution in [0.1, 0.15) is 5.56 Å². The molecule has 0 unspecified atom stereocenters. The van der Waals surface area contributed by atoms with E-state index in [0.29, 0.717) is 11.6 Å². The van der Waals surface area contributed by atoms with E-state index >= 15 is 0 Å². The first-order chi connectivity index (χ1) is 16.6. The van der Waals surface area contributed by atoms with Crippen molar-refractivity contribution < 1.29 is 4.74 Å². The Kier molecular flexibility index (Phi) is 5.93. The number of nitrogens with zero attached hydrogens (tertiary/aromatic N) is 3. The molecule has 5 aromatic rings. The molecule has 0 fully saturated rings. The Balaban J connectivity index is 1.58. The van der Waals surface area contributed by atoms with Crippen LogP contribution in [0.3, 0.4) is 0 Å². The number of anilines is 2. The van der Waals surface area contributed by atoms with Crippen LogP contribution in [0.5, 0.6) is 5.75 Å². The Morgan fingerprint density at radius 2 is 1.50 bits per heavy atom.